The van der Waals surface area contributed by atoms with Gasteiger partial charge in [-0.2, -0.15) is 0 Å². The van der Waals surface area contributed by atoms with E-state index in [1.165, 1.54) is 5.41 Å². The number of carbonyl (C=O) groups is 1. The lowest BCUT2D eigenvalue weighted by Gasteiger charge is -1.89. The number of allylic oxidation sites excluding steroid dienone is 1. The summed E-state index contributed by atoms with van der Waals surface area (Å²) in [5.41, 5.74) is 0. The first-order chi connectivity index (χ1) is 4.66. The van der Waals surface area contributed by atoms with Crippen LogP contribution in [0, 0.1) is 0 Å². The molecule has 0 aliphatic rings. The third-order valence-electron chi connectivity index (χ3n) is 0.805. The fourth-order valence-electron chi connectivity index (χ4n) is 0.408. The minimum absolute atomic E-state index is 0.0308. The zero-order chi connectivity index (χ0) is 7.98. The smallest absolute Gasteiger partial charge is 0.304 e. The lowest BCUT2D eigenvalue weighted by Crippen LogP contribution is -2.01. The molecule has 1 atom stereocenters. The van der Waals surface area contributed by atoms with Crippen molar-refractivity contribution in [2.75, 3.05) is 5.75 Å². The first-order valence-corrected chi connectivity index (χ1v) is 4.27. The Balaban J connectivity index is 3.50. The van der Waals surface area contributed by atoms with Crippen LogP contribution in [0.3, 0.4) is 0 Å². The van der Waals surface area contributed by atoms with E-state index in [2.05, 4.69) is 0 Å². The van der Waals surface area contributed by atoms with Gasteiger partial charge in [0.25, 0.3) is 0 Å². The predicted molar refractivity (Wildman–Crippen MR) is 40.1 cm³/mol. The van der Waals surface area contributed by atoms with E-state index < -0.39 is 16.8 Å². The van der Waals surface area contributed by atoms with Crippen molar-refractivity contribution in [3.05, 3.63) is 11.5 Å². The van der Waals surface area contributed by atoms with Gasteiger partial charge in [-0.05, 0) is 12.3 Å². The average molecular weight is 162 g/mol. The highest BCUT2D eigenvalue weighted by molar-refractivity contribution is 7.87. The molecule has 0 rings (SSSR count). The second kappa shape index (κ2) is 5.17. The summed E-state index contributed by atoms with van der Waals surface area (Å²) in [6, 6.07) is 0. The number of aliphatic carboxylic acids is 1. The van der Waals surface area contributed by atoms with E-state index >= 15 is 0 Å². The summed E-state index contributed by atoms with van der Waals surface area (Å²) >= 11 is 0. The van der Waals surface area contributed by atoms with Gasteiger partial charge >= 0.3 is 5.97 Å². The maximum atomic E-state index is 10.7. The molecule has 0 aliphatic carbocycles. The van der Waals surface area contributed by atoms with Gasteiger partial charge in [0.05, 0.1) is 6.42 Å². The molecule has 0 aliphatic heterocycles. The summed E-state index contributed by atoms with van der Waals surface area (Å²) < 4.78 is 10.7. The maximum Gasteiger partial charge on any atom is 0.304 e. The Morgan fingerprint density at radius 3 is 2.70 bits per heavy atom. The molecule has 0 heterocycles. The minimum atomic E-state index is -1.10. The number of carboxylic acids is 1. The Labute approximate surface area is 62.2 Å². The van der Waals surface area contributed by atoms with E-state index in [4.69, 9.17) is 5.11 Å². The molecule has 10 heavy (non-hydrogen) atoms. The van der Waals surface area contributed by atoms with Crippen LogP contribution in [0.2, 0.25) is 0 Å². The lowest BCUT2D eigenvalue weighted by molar-refractivity contribution is -0.136. The van der Waals surface area contributed by atoms with Gasteiger partial charge in [0.2, 0.25) is 0 Å². The van der Waals surface area contributed by atoms with Crippen LogP contribution in [0.25, 0.3) is 0 Å². The van der Waals surface area contributed by atoms with Crippen molar-refractivity contribution in [1.29, 1.82) is 0 Å². The Kier molecular flexibility index (Phi) is 4.84. The standard InChI is InChI=1S/C6H10O3S/c1-2-4-10(9)5-3-6(7)8/h2,4H,3,5H2,1H3,(H,7,8)/b4-2+. The second-order valence-electron chi connectivity index (χ2n) is 1.70. The van der Waals surface area contributed by atoms with Gasteiger partial charge in [-0.1, -0.05) is 6.08 Å². The number of carboxylic acid groups (broad SMARTS) is 1. The monoisotopic (exact) mass is 162 g/mol. The van der Waals surface area contributed by atoms with Crippen LogP contribution in [0.15, 0.2) is 11.5 Å². The topological polar surface area (TPSA) is 54.4 Å². The number of hydrogen-bond acceptors (Lipinski definition) is 2. The van der Waals surface area contributed by atoms with Crippen molar-refractivity contribution in [3.8, 4) is 0 Å². The van der Waals surface area contributed by atoms with Crippen molar-refractivity contribution in [2.24, 2.45) is 0 Å². The Bertz CT molecular complexity index is 162. The van der Waals surface area contributed by atoms with Crippen LogP contribution >= 0.6 is 0 Å². The number of rotatable bonds is 4. The molecular weight excluding hydrogens is 152 g/mol. The van der Waals surface area contributed by atoms with Crippen LogP contribution in [0.4, 0.5) is 0 Å². The first kappa shape index (κ1) is 9.36. The molecule has 3 nitrogen and oxygen atoms in total. The SMILES string of the molecule is C/C=C/S(=O)CCC(=O)O. The van der Waals surface area contributed by atoms with Gasteiger partial charge in [0.1, 0.15) is 0 Å². The van der Waals surface area contributed by atoms with E-state index in [0.717, 1.165) is 0 Å². The average Bonchev–Trinajstić information content (AvgIpc) is 1.85. The van der Waals surface area contributed by atoms with E-state index in [1.807, 2.05) is 0 Å². The van der Waals surface area contributed by atoms with Gasteiger partial charge in [-0.15, -0.1) is 0 Å². The van der Waals surface area contributed by atoms with Gasteiger partial charge in [-0.25, -0.2) is 0 Å². The third-order valence-corrected chi connectivity index (χ3v) is 1.99. The highest BCUT2D eigenvalue weighted by Crippen LogP contribution is 1.89. The van der Waals surface area contributed by atoms with Gasteiger partial charge in [0.15, 0.2) is 0 Å². The highest BCUT2D eigenvalue weighted by Gasteiger charge is 1.98. The van der Waals surface area contributed by atoms with Crippen molar-refractivity contribution in [1.82, 2.24) is 0 Å². The summed E-state index contributed by atoms with van der Waals surface area (Å²) in [4.78, 5) is 9.95. The van der Waals surface area contributed by atoms with Crippen molar-refractivity contribution in [3.63, 3.8) is 0 Å². The normalized spacial score (nSPS) is 13.7. The Morgan fingerprint density at radius 2 is 2.30 bits per heavy atom. The molecule has 1 N–H and O–H groups in total. The predicted octanol–water partition coefficient (Wildman–Crippen LogP) is 0.743. The van der Waals surface area contributed by atoms with Crippen molar-refractivity contribution >= 4 is 16.8 Å². The molecule has 0 spiro atoms. The molecule has 0 aromatic rings. The molecule has 0 amide bonds. The van der Waals surface area contributed by atoms with Crippen LogP contribution in [-0.4, -0.2) is 21.0 Å². The summed E-state index contributed by atoms with van der Waals surface area (Å²) in [5, 5.41) is 9.66. The lowest BCUT2D eigenvalue weighted by atomic mass is 10.5. The van der Waals surface area contributed by atoms with Crippen LogP contribution in [-0.2, 0) is 15.6 Å². The quantitative estimate of drug-likeness (QED) is 0.663. The molecule has 0 saturated carbocycles. The van der Waals surface area contributed by atoms with Crippen LogP contribution in [0.5, 0.6) is 0 Å². The molecule has 0 fully saturated rings. The molecule has 0 radical (unpaired) electrons. The van der Waals surface area contributed by atoms with Gasteiger partial charge < -0.3 is 5.11 Å². The first-order valence-electron chi connectivity index (χ1n) is 2.88. The number of hydrogen-bond donors (Lipinski definition) is 1. The van der Waals surface area contributed by atoms with E-state index in [1.54, 1.807) is 13.0 Å². The minimum Gasteiger partial charge on any atom is -0.481 e. The van der Waals surface area contributed by atoms with Gasteiger partial charge in [-0.3, -0.25) is 9.00 Å². The fraction of sp³-hybridized carbons (Fsp3) is 0.500. The molecule has 0 saturated heterocycles. The van der Waals surface area contributed by atoms with Crippen molar-refractivity contribution in [2.45, 2.75) is 13.3 Å². The molecule has 0 aromatic heterocycles. The van der Waals surface area contributed by atoms with Crippen molar-refractivity contribution < 1.29 is 14.1 Å². The molecule has 0 aromatic carbocycles. The summed E-state index contributed by atoms with van der Waals surface area (Å²) in [6.45, 7) is 1.75. The second-order valence-corrected chi connectivity index (χ2v) is 3.14. The Morgan fingerprint density at radius 1 is 1.70 bits per heavy atom. The molecule has 58 valence electrons. The van der Waals surface area contributed by atoms with E-state index in [9.17, 15) is 9.00 Å². The zero-order valence-electron chi connectivity index (χ0n) is 5.74. The summed E-state index contributed by atoms with van der Waals surface area (Å²) in [5.74, 6) is -0.697. The molecule has 0 bridgehead atoms. The molecule has 1 unspecified atom stereocenters. The van der Waals surface area contributed by atoms with E-state index in [-0.39, 0.29) is 12.2 Å². The Hall–Kier alpha value is -0.640. The molecular formula is C6H10O3S. The maximum absolute atomic E-state index is 10.7. The van der Waals surface area contributed by atoms with Crippen LogP contribution in [0.1, 0.15) is 13.3 Å². The van der Waals surface area contributed by atoms with Crippen LogP contribution < -0.4 is 0 Å². The summed E-state index contributed by atoms with van der Waals surface area (Å²) in [7, 11) is -1.10. The summed E-state index contributed by atoms with van der Waals surface area (Å²) in [6.07, 6.45) is 1.62. The highest BCUT2D eigenvalue weighted by atomic mass is 32.2. The fourth-order valence-corrected chi connectivity index (χ4v) is 1.22. The van der Waals surface area contributed by atoms with Gasteiger partial charge in [0, 0.05) is 16.6 Å². The zero-order valence-corrected chi connectivity index (χ0v) is 6.56. The third kappa shape index (κ3) is 5.50. The van der Waals surface area contributed by atoms with E-state index in [0.29, 0.717) is 0 Å². The molecule has 4 heteroatoms. The largest absolute Gasteiger partial charge is 0.481 e.